The van der Waals surface area contributed by atoms with Crippen molar-refractivity contribution in [1.82, 2.24) is 5.32 Å². The highest BCUT2D eigenvalue weighted by atomic mass is 35.5. The lowest BCUT2D eigenvalue weighted by molar-refractivity contribution is -0.126. The van der Waals surface area contributed by atoms with E-state index in [0.29, 0.717) is 13.2 Å². The van der Waals surface area contributed by atoms with Crippen molar-refractivity contribution < 1.29 is 14.3 Å². The molecule has 0 bridgehead atoms. The van der Waals surface area contributed by atoms with Gasteiger partial charge in [-0.25, -0.2) is 0 Å². The maximum Gasteiger partial charge on any atom is 0.246 e. The first-order valence-electron chi connectivity index (χ1n) is 6.44. The zero-order valence-corrected chi connectivity index (χ0v) is 12.3. The summed E-state index contributed by atoms with van der Waals surface area (Å²) in [6.07, 6.45) is 3.08. The average Bonchev–Trinajstić information content (AvgIpc) is 3.01. The first-order valence-corrected chi connectivity index (χ1v) is 7.64. The fraction of sp³-hybridized carbons (Fsp3) is 0.615. The normalized spacial score (nSPS) is 18.7. The van der Waals surface area contributed by atoms with Gasteiger partial charge in [0.1, 0.15) is 6.61 Å². The molecule has 1 aliphatic heterocycles. The van der Waals surface area contributed by atoms with E-state index < -0.39 is 0 Å². The molecular weight excluding hydrogens is 286 g/mol. The van der Waals surface area contributed by atoms with Crippen molar-refractivity contribution in [3.05, 3.63) is 21.3 Å². The highest BCUT2D eigenvalue weighted by Crippen LogP contribution is 2.21. The summed E-state index contributed by atoms with van der Waals surface area (Å²) in [5.74, 6) is -0.0827. The van der Waals surface area contributed by atoms with Gasteiger partial charge in [0.05, 0.1) is 17.0 Å². The van der Waals surface area contributed by atoms with E-state index >= 15 is 0 Å². The van der Waals surface area contributed by atoms with Gasteiger partial charge >= 0.3 is 0 Å². The number of carbonyl (C=O) groups is 1. The van der Waals surface area contributed by atoms with Gasteiger partial charge in [-0.05, 0) is 31.4 Å². The second-order valence-electron chi connectivity index (χ2n) is 4.46. The van der Waals surface area contributed by atoms with E-state index in [4.69, 9.17) is 21.1 Å². The van der Waals surface area contributed by atoms with Crippen LogP contribution in [-0.4, -0.2) is 38.4 Å². The summed E-state index contributed by atoms with van der Waals surface area (Å²) in [5, 5.41) is 2.82. The molecular formula is C13H18ClNO3S. The Morgan fingerprint density at radius 3 is 3.16 bits per heavy atom. The number of amides is 1. The van der Waals surface area contributed by atoms with E-state index in [-0.39, 0.29) is 18.6 Å². The second kappa shape index (κ2) is 7.85. The Morgan fingerprint density at radius 1 is 1.58 bits per heavy atom. The number of carbonyl (C=O) groups excluding carboxylic acids is 1. The first kappa shape index (κ1) is 14.8. The Hall–Kier alpha value is -0.620. The van der Waals surface area contributed by atoms with Crippen LogP contribution < -0.4 is 5.32 Å². The molecule has 19 heavy (non-hydrogen) atoms. The van der Waals surface area contributed by atoms with Crippen LogP contribution in [0.3, 0.4) is 0 Å². The third-order valence-corrected chi connectivity index (χ3v) is 4.17. The topological polar surface area (TPSA) is 47.6 Å². The largest absolute Gasteiger partial charge is 0.376 e. The molecule has 0 spiro atoms. The van der Waals surface area contributed by atoms with Crippen molar-refractivity contribution in [2.45, 2.75) is 25.4 Å². The minimum Gasteiger partial charge on any atom is -0.376 e. The van der Waals surface area contributed by atoms with Crippen LogP contribution in [0.5, 0.6) is 0 Å². The van der Waals surface area contributed by atoms with E-state index in [9.17, 15) is 4.79 Å². The SMILES string of the molecule is O=C(COCC1CCCO1)NCCc1ccc(Cl)s1. The molecule has 0 saturated carbocycles. The number of ether oxygens (including phenoxy) is 2. The molecule has 0 radical (unpaired) electrons. The minimum atomic E-state index is -0.0827. The van der Waals surface area contributed by atoms with Crippen LogP contribution in [0, 0.1) is 0 Å². The smallest absolute Gasteiger partial charge is 0.246 e. The molecule has 1 atom stereocenters. The number of halogens is 1. The summed E-state index contributed by atoms with van der Waals surface area (Å²) in [6, 6.07) is 3.85. The zero-order valence-electron chi connectivity index (χ0n) is 10.7. The maximum atomic E-state index is 11.5. The van der Waals surface area contributed by atoms with E-state index in [1.807, 2.05) is 12.1 Å². The van der Waals surface area contributed by atoms with Crippen LogP contribution in [0.2, 0.25) is 4.34 Å². The number of nitrogens with one attached hydrogen (secondary N) is 1. The third-order valence-electron chi connectivity index (χ3n) is 2.88. The van der Waals surface area contributed by atoms with Crippen molar-refractivity contribution in [2.75, 3.05) is 26.4 Å². The highest BCUT2D eigenvalue weighted by molar-refractivity contribution is 7.16. The molecule has 1 saturated heterocycles. The van der Waals surface area contributed by atoms with Gasteiger partial charge in [-0.3, -0.25) is 4.79 Å². The minimum absolute atomic E-state index is 0.0827. The lowest BCUT2D eigenvalue weighted by Gasteiger charge is -2.10. The van der Waals surface area contributed by atoms with Crippen LogP contribution in [0.25, 0.3) is 0 Å². The molecule has 4 nitrogen and oxygen atoms in total. The molecule has 1 unspecified atom stereocenters. The molecule has 106 valence electrons. The molecule has 0 aromatic carbocycles. The van der Waals surface area contributed by atoms with E-state index in [1.165, 1.54) is 4.88 Å². The monoisotopic (exact) mass is 303 g/mol. The van der Waals surface area contributed by atoms with Gasteiger partial charge in [0.25, 0.3) is 0 Å². The lowest BCUT2D eigenvalue weighted by atomic mass is 10.2. The van der Waals surface area contributed by atoms with Gasteiger partial charge in [0.15, 0.2) is 0 Å². The standard InChI is InChI=1S/C13H18ClNO3S/c14-12-4-3-11(19-12)5-6-15-13(16)9-17-8-10-2-1-7-18-10/h3-4,10H,1-2,5-9H2,(H,15,16). The number of rotatable bonds is 7. The molecule has 2 rings (SSSR count). The Bertz CT molecular complexity index is 404. The summed E-state index contributed by atoms with van der Waals surface area (Å²) in [4.78, 5) is 12.7. The Labute approximate surface area is 122 Å². The summed E-state index contributed by atoms with van der Waals surface area (Å²) in [7, 11) is 0. The number of hydrogen-bond donors (Lipinski definition) is 1. The van der Waals surface area contributed by atoms with Gasteiger partial charge in [-0.1, -0.05) is 11.6 Å². The number of thiophene rings is 1. The van der Waals surface area contributed by atoms with Gasteiger partial charge in [0, 0.05) is 18.0 Å². The second-order valence-corrected chi connectivity index (χ2v) is 6.26. The van der Waals surface area contributed by atoms with E-state index in [1.54, 1.807) is 11.3 Å². The van der Waals surface area contributed by atoms with Crippen LogP contribution >= 0.6 is 22.9 Å². The molecule has 0 aliphatic carbocycles. The molecule has 1 N–H and O–H groups in total. The van der Waals surface area contributed by atoms with Crippen molar-refractivity contribution in [3.63, 3.8) is 0 Å². The van der Waals surface area contributed by atoms with Crippen molar-refractivity contribution >= 4 is 28.8 Å². The van der Waals surface area contributed by atoms with Gasteiger partial charge in [-0.15, -0.1) is 11.3 Å². The van der Waals surface area contributed by atoms with Gasteiger partial charge < -0.3 is 14.8 Å². The molecule has 1 aromatic heterocycles. The summed E-state index contributed by atoms with van der Waals surface area (Å²) in [6.45, 7) is 2.03. The average molecular weight is 304 g/mol. The molecule has 1 aromatic rings. The summed E-state index contributed by atoms with van der Waals surface area (Å²) in [5.41, 5.74) is 0. The van der Waals surface area contributed by atoms with E-state index in [2.05, 4.69) is 5.32 Å². The van der Waals surface area contributed by atoms with E-state index in [0.717, 1.165) is 30.2 Å². The number of hydrogen-bond acceptors (Lipinski definition) is 4. The molecule has 6 heteroatoms. The predicted molar refractivity (Wildman–Crippen MR) is 75.8 cm³/mol. The first-order chi connectivity index (χ1) is 9.24. The predicted octanol–water partition coefficient (Wildman–Crippen LogP) is 2.26. The quantitative estimate of drug-likeness (QED) is 0.840. The summed E-state index contributed by atoms with van der Waals surface area (Å²) < 4.78 is 11.5. The highest BCUT2D eigenvalue weighted by Gasteiger charge is 2.15. The lowest BCUT2D eigenvalue weighted by Crippen LogP contribution is -2.30. The Morgan fingerprint density at radius 2 is 2.47 bits per heavy atom. The van der Waals surface area contributed by atoms with Crippen LogP contribution in [0.4, 0.5) is 0 Å². The van der Waals surface area contributed by atoms with Gasteiger partial charge in [0.2, 0.25) is 5.91 Å². The molecule has 1 amide bonds. The fourth-order valence-corrected chi connectivity index (χ4v) is 3.01. The third kappa shape index (κ3) is 5.48. The summed E-state index contributed by atoms with van der Waals surface area (Å²) >= 11 is 7.37. The van der Waals surface area contributed by atoms with Crippen LogP contribution in [0.15, 0.2) is 12.1 Å². The van der Waals surface area contributed by atoms with Crippen LogP contribution in [-0.2, 0) is 20.7 Å². The zero-order chi connectivity index (χ0) is 13.5. The fourth-order valence-electron chi connectivity index (χ4n) is 1.92. The Kier molecular flexibility index (Phi) is 6.10. The van der Waals surface area contributed by atoms with Crippen molar-refractivity contribution in [1.29, 1.82) is 0 Å². The van der Waals surface area contributed by atoms with Crippen LogP contribution in [0.1, 0.15) is 17.7 Å². The van der Waals surface area contributed by atoms with Crippen molar-refractivity contribution in [3.8, 4) is 0 Å². The maximum absolute atomic E-state index is 11.5. The molecule has 1 fully saturated rings. The van der Waals surface area contributed by atoms with Crippen molar-refractivity contribution in [2.24, 2.45) is 0 Å². The Balaban J connectivity index is 1.52. The molecule has 2 heterocycles. The van der Waals surface area contributed by atoms with Gasteiger partial charge in [-0.2, -0.15) is 0 Å². The molecule has 1 aliphatic rings.